The van der Waals surface area contributed by atoms with Crippen molar-refractivity contribution in [2.45, 2.75) is 38.7 Å². The third-order valence-electron chi connectivity index (χ3n) is 7.23. The number of nitrogens with one attached hydrogen (secondary N) is 1. The molecular formula is C29H21Cl2F3N4O3. The van der Waals surface area contributed by atoms with Crippen LogP contribution < -0.4 is 15.0 Å². The third kappa shape index (κ3) is 3.99. The van der Waals surface area contributed by atoms with Crippen molar-refractivity contribution in [2.24, 2.45) is 0 Å². The summed E-state index contributed by atoms with van der Waals surface area (Å²) in [6.07, 6.45) is -4.96. The Morgan fingerprint density at radius 1 is 1.00 bits per heavy atom. The van der Waals surface area contributed by atoms with E-state index in [4.69, 9.17) is 23.2 Å². The maximum atomic E-state index is 14.4. The number of imidazole rings is 1. The first kappa shape index (κ1) is 27.2. The van der Waals surface area contributed by atoms with Crippen molar-refractivity contribution in [1.82, 2.24) is 9.55 Å². The molecular weight excluding hydrogens is 580 g/mol. The van der Waals surface area contributed by atoms with Gasteiger partial charge in [-0.05, 0) is 62.7 Å². The molecule has 2 aliphatic heterocycles. The minimum atomic E-state index is -4.96. The molecule has 1 atom stereocenters. The Hall–Kier alpha value is -4.02. The predicted octanol–water partition coefficient (Wildman–Crippen LogP) is 7.50. The lowest BCUT2D eigenvalue weighted by atomic mass is 9.86. The van der Waals surface area contributed by atoms with E-state index in [1.54, 1.807) is 67.8 Å². The SMILES string of the molecule is Cc1ccc(Cl)cc1N1C(=O)c2nc(-c3ccccc3OC(F)(F)F)n(C(C)C)c2[C@@]12C(=O)Nc1cc(Cl)ccc12. The number of hydrogen-bond donors (Lipinski definition) is 1. The Balaban J connectivity index is 1.71. The van der Waals surface area contributed by atoms with Gasteiger partial charge in [-0.3, -0.25) is 14.5 Å². The van der Waals surface area contributed by atoms with Crippen LogP contribution in [0.4, 0.5) is 24.5 Å². The highest BCUT2D eigenvalue weighted by Gasteiger charge is 2.64. The minimum Gasteiger partial charge on any atom is -0.405 e. The molecule has 41 heavy (non-hydrogen) atoms. The Morgan fingerprint density at radius 3 is 2.39 bits per heavy atom. The summed E-state index contributed by atoms with van der Waals surface area (Å²) in [6.45, 7) is 5.37. The number of benzene rings is 3. The predicted molar refractivity (Wildman–Crippen MR) is 149 cm³/mol. The number of nitrogens with zero attached hydrogens (tertiary/aromatic N) is 3. The first-order chi connectivity index (χ1) is 19.3. The maximum absolute atomic E-state index is 14.4. The van der Waals surface area contributed by atoms with Gasteiger partial charge in [0.1, 0.15) is 11.6 Å². The van der Waals surface area contributed by atoms with Gasteiger partial charge in [0.25, 0.3) is 11.8 Å². The molecule has 2 aliphatic rings. The van der Waals surface area contributed by atoms with Crippen LogP contribution in [0.3, 0.4) is 0 Å². The van der Waals surface area contributed by atoms with E-state index in [0.717, 1.165) is 0 Å². The molecule has 1 spiro atoms. The standard InChI is InChI=1S/C29H21Cl2F3N4O3/c1-14(2)37-24-23(36-25(37)18-6-4-5-7-22(18)41-29(32,33)34)26(39)38(21-13-17(31)9-8-15(21)3)28(24)19-11-10-16(30)12-20(19)35-27(28)40/h4-14H,1-3H3,(H,35,40)/t28-/m0/s1. The van der Waals surface area contributed by atoms with Crippen LogP contribution in [-0.2, 0) is 10.3 Å². The fourth-order valence-electron chi connectivity index (χ4n) is 5.69. The smallest absolute Gasteiger partial charge is 0.405 e. The van der Waals surface area contributed by atoms with Crippen molar-refractivity contribution >= 4 is 46.4 Å². The maximum Gasteiger partial charge on any atom is 0.573 e. The topological polar surface area (TPSA) is 76.5 Å². The average molecular weight is 601 g/mol. The molecule has 0 fully saturated rings. The van der Waals surface area contributed by atoms with Crippen LogP contribution in [0, 0.1) is 6.92 Å². The monoisotopic (exact) mass is 600 g/mol. The fourth-order valence-corrected chi connectivity index (χ4v) is 6.03. The molecule has 6 rings (SSSR count). The molecule has 4 aromatic rings. The zero-order valence-electron chi connectivity index (χ0n) is 21.8. The van der Waals surface area contributed by atoms with Crippen molar-refractivity contribution in [1.29, 1.82) is 0 Å². The third-order valence-corrected chi connectivity index (χ3v) is 7.70. The number of aryl methyl sites for hydroxylation is 1. The Kier molecular flexibility index (Phi) is 6.13. The first-order valence-electron chi connectivity index (χ1n) is 12.5. The minimum absolute atomic E-state index is 0.0103. The van der Waals surface area contributed by atoms with Crippen LogP contribution in [0.1, 0.15) is 47.2 Å². The van der Waals surface area contributed by atoms with Crippen molar-refractivity contribution < 1.29 is 27.5 Å². The van der Waals surface area contributed by atoms with E-state index in [-0.39, 0.29) is 22.8 Å². The van der Waals surface area contributed by atoms with Gasteiger partial charge in [0.2, 0.25) is 0 Å². The molecule has 12 heteroatoms. The van der Waals surface area contributed by atoms with E-state index < -0.39 is 35.5 Å². The summed E-state index contributed by atoms with van der Waals surface area (Å²) in [5.74, 6) is -1.60. The van der Waals surface area contributed by atoms with E-state index in [1.165, 1.54) is 23.1 Å². The van der Waals surface area contributed by atoms with Gasteiger partial charge in [0, 0.05) is 27.3 Å². The molecule has 2 amide bonds. The van der Waals surface area contributed by atoms with E-state index in [1.807, 2.05) is 0 Å². The molecule has 1 aromatic heterocycles. The van der Waals surface area contributed by atoms with Gasteiger partial charge in [0.15, 0.2) is 11.2 Å². The number of rotatable bonds is 4. The van der Waals surface area contributed by atoms with Crippen LogP contribution in [0.2, 0.25) is 10.0 Å². The van der Waals surface area contributed by atoms with Gasteiger partial charge >= 0.3 is 6.36 Å². The lowest BCUT2D eigenvalue weighted by Gasteiger charge is -2.36. The normalized spacial score (nSPS) is 17.8. The Labute approximate surface area is 242 Å². The Morgan fingerprint density at radius 2 is 1.68 bits per heavy atom. The highest BCUT2D eigenvalue weighted by atomic mass is 35.5. The van der Waals surface area contributed by atoms with Crippen LogP contribution in [0.15, 0.2) is 60.7 Å². The van der Waals surface area contributed by atoms with Crippen molar-refractivity contribution in [2.75, 3.05) is 10.2 Å². The number of halogens is 5. The molecule has 0 saturated heterocycles. The number of para-hydroxylation sites is 1. The van der Waals surface area contributed by atoms with Gasteiger partial charge in [-0.25, -0.2) is 4.98 Å². The van der Waals surface area contributed by atoms with Crippen LogP contribution in [-0.4, -0.2) is 27.7 Å². The number of aromatic nitrogens is 2. The molecule has 0 radical (unpaired) electrons. The highest BCUT2D eigenvalue weighted by Crippen LogP contribution is 2.55. The fraction of sp³-hybridized carbons (Fsp3) is 0.207. The lowest BCUT2D eigenvalue weighted by Crippen LogP contribution is -2.51. The molecule has 0 saturated carbocycles. The van der Waals surface area contributed by atoms with E-state index in [2.05, 4.69) is 15.0 Å². The number of ether oxygens (including phenoxy) is 1. The summed E-state index contributed by atoms with van der Waals surface area (Å²) in [4.78, 5) is 34.6. The average Bonchev–Trinajstić information content (AvgIpc) is 3.49. The quantitative estimate of drug-likeness (QED) is 0.263. The zero-order chi connectivity index (χ0) is 29.4. The summed E-state index contributed by atoms with van der Waals surface area (Å²) in [5.41, 5.74) is 0.269. The van der Waals surface area contributed by atoms with Gasteiger partial charge in [-0.2, -0.15) is 0 Å². The van der Waals surface area contributed by atoms with Crippen LogP contribution >= 0.6 is 23.2 Å². The second kappa shape index (κ2) is 9.25. The van der Waals surface area contributed by atoms with Gasteiger partial charge in [-0.15, -0.1) is 13.2 Å². The van der Waals surface area contributed by atoms with E-state index in [9.17, 15) is 22.8 Å². The molecule has 0 unspecified atom stereocenters. The summed E-state index contributed by atoms with van der Waals surface area (Å²) in [6, 6.07) is 14.9. The van der Waals surface area contributed by atoms with Crippen LogP contribution in [0.25, 0.3) is 11.4 Å². The summed E-state index contributed by atoms with van der Waals surface area (Å²) in [5, 5.41) is 3.57. The molecule has 0 bridgehead atoms. The number of carbonyl (C=O) groups excluding carboxylic acids is 2. The van der Waals surface area contributed by atoms with Crippen molar-refractivity contribution in [3.8, 4) is 17.1 Å². The number of anilines is 2. The second-order valence-corrected chi connectivity index (χ2v) is 10.9. The largest absolute Gasteiger partial charge is 0.573 e. The molecule has 1 N–H and O–H groups in total. The van der Waals surface area contributed by atoms with E-state index >= 15 is 0 Å². The Bertz CT molecular complexity index is 1770. The molecule has 210 valence electrons. The number of amides is 2. The number of carbonyl (C=O) groups is 2. The highest BCUT2D eigenvalue weighted by molar-refractivity contribution is 6.32. The molecule has 3 heterocycles. The number of hydrogen-bond acceptors (Lipinski definition) is 4. The second-order valence-electron chi connectivity index (χ2n) is 10.1. The summed E-state index contributed by atoms with van der Waals surface area (Å²) < 4.78 is 45.9. The molecule has 3 aromatic carbocycles. The molecule has 7 nitrogen and oxygen atoms in total. The summed E-state index contributed by atoms with van der Waals surface area (Å²) in [7, 11) is 0. The van der Waals surface area contributed by atoms with E-state index in [0.29, 0.717) is 32.5 Å². The van der Waals surface area contributed by atoms with Crippen molar-refractivity contribution in [3.05, 3.63) is 93.2 Å². The number of alkyl halides is 3. The van der Waals surface area contributed by atoms with Gasteiger partial charge in [-0.1, -0.05) is 47.5 Å². The first-order valence-corrected chi connectivity index (χ1v) is 13.3. The number of fused-ring (bicyclic) bond motifs is 4. The lowest BCUT2D eigenvalue weighted by molar-refractivity contribution is -0.274. The van der Waals surface area contributed by atoms with Gasteiger partial charge in [0.05, 0.1) is 16.9 Å². The van der Waals surface area contributed by atoms with Gasteiger partial charge < -0.3 is 14.6 Å². The molecule has 0 aliphatic carbocycles. The van der Waals surface area contributed by atoms with Crippen molar-refractivity contribution in [3.63, 3.8) is 0 Å². The van der Waals surface area contributed by atoms with Crippen LogP contribution in [0.5, 0.6) is 5.75 Å². The summed E-state index contributed by atoms with van der Waals surface area (Å²) >= 11 is 12.6. The zero-order valence-corrected chi connectivity index (χ0v) is 23.3.